The van der Waals surface area contributed by atoms with Gasteiger partial charge in [0, 0.05) is 50.2 Å². The number of hydrogen-bond donors (Lipinski definition) is 0. The molecule has 0 aliphatic carbocycles. The first-order valence-electron chi connectivity index (χ1n) is 7.66. The molecule has 6 nitrogen and oxygen atoms in total. The highest BCUT2D eigenvalue weighted by molar-refractivity contribution is 7.07. The molecular weight excluding hydrogens is 312 g/mol. The van der Waals surface area contributed by atoms with Crippen molar-refractivity contribution in [1.29, 1.82) is 0 Å². The standard InChI is InChI=1S/C16H18N4O2S/c1-18-5-2-3-13(18)15(22)20-9-16(10-20)4-6-19(8-16)14(21)12-7-23-11-17-12/h2-3,5,7,11H,4,6,8-10H2,1H3. The van der Waals surface area contributed by atoms with Crippen molar-refractivity contribution in [3.8, 4) is 0 Å². The van der Waals surface area contributed by atoms with Crippen LogP contribution in [0.2, 0.25) is 0 Å². The highest BCUT2D eigenvalue weighted by Crippen LogP contribution is 2.40. The Morgan fingerprint density at radius 2 is 2.00 bits per heavy atom. The highest BCUT2D eigenvalue weighted by Gasteiger charge is 2.50. The summed E-state index contributed by atoms with van der Waals surface area (Å²) in [6, 6.07) is 3.73. The molecule has 4 heterocycles. The van der Waals surface area contributed by atoms with Crippen molar-refractivity contribution in [1.82, 2.24) is 19.4 Å². The predicted octanol–water partition coefficient (Wildman–Crippen LogP) is 1.47. The molecule has 4 rings (SSSR count). The van der Waals surface area contributed by atoms with Gasteiger partial charge in [0.2, 0.25) is 0 Å². The molecule has 23 heavy (non-hydrogen) atoms. The third-order valence-corrected chi connectivity index (χ3v) is 5.47. The Bertz CT molecular complexity index is 746. The number of aryl methyl sites for hydroxylation is 1. The van der Waals surface area contributed by atoms with Crippen molar-refractivity contribution in [2.75, 3.05) is 26.2 Å². The Hall–Kier alpha value is -2.15. The summed E-state index contributed by atoms with van der Waals surface area (Å²) in [7, 11) is 1.88. The van der Waals surface area contributed by atoms with Gasteiger partial charge in [-0.05, 0) is 18.6 Å². The number of hydrogen-bond acceptors (Lipinski definition) is 4. The molecule has 0 atom stereocenters. The molecule has 2 amide bonds. The van der Waals surface area contributed by atoms with E-state index in [1.54, 1.807) is 10.9 Å². The molecular formula is C16H18N4O2S. The van der Waals surface area contributed by atoms with Gasteiger partial charge in [0.1, 0.15) is 11.4 Å². The molecule has 0 N–H and O–H groups in total. The first-order chi connectivity index (χ1) is 11.1. The molecule has 2 aromatic heterocycles. The maximum absolute atomic E-state index is 12.5. The van der Waals surface area contributed by atoms with E-state index in [2.05, 4.69) is 4.98 Å². The predicted molar refractivity (Wildman–Crippen MR) is 86.4 cm³/mol. The SMILES string of the molecule is Cn1cccc1C(=O)N1CC2(CCN(C(=O)c3cscn3)C2)C1. The summed E-state index contributed by atoms with van der Waals surface area (Å²) in [5.74, 6) is 0.0859. The molecule has 2 aliphatic heterocycles. The quantitative estimate of drug-likeness (QED) is 0.838. The maximum Gasteiger partial charge on any atom is 0.273 e. The van der Waals surface area contributed by atoms with Gasteiger partial charge in [-0.25, -0.2) is 4.98 Å². The molecule has 120 valence electrons. The molecule has 1 spiro atoms. The zero-order chi connectivity index (χ0) is 16.0. The Morgan fingerprint density at radius 1 is 1.22 bits per heavy atom. The normalized spacial score (nSPS) is 19.2. The monoisotopic (exact) mass is 330 g/mol. The number of likely N-dealkylation sites (tertiary alicyclic amines) is 2. The molecule has 2 aliphatic rings. The van der Waals surface area contributed by atoms with Crippen LogP contribution in [0.5, 0.6) is 0 Å². The van der Waals surface area contributed by atoms with Gasteiger partial charge in [-0.2, -0.15) is 0 Å². The van der Waals surface area contributed by atoms with Crippen LogP contribution < -0.4 is 0 Å². The molecule has 2 fully saturated rings. The van der Waals surface area contributed by atoms with Crippen molar-refractivity contribution < 1.29 is 9.59 Å². The molecule has 0 bridgehead atoms. The van der Waals surface area contributed by atoms with E-state index >= 15 is 0 Å². The van der Waals surface area contributed by atoms with E-state index < -0.39 is 0 Å². The molecule has 0 saturated carbocycles. The molecule has 0 radical (unpaired) electrons. The maximum atomic E-state index is 12.5. The van der Waals surface area contributed by atoms with Crippen molar-refractivity contribution in [3.63, 3.8) is 0 Å². The van der Waals surface area contributed by atoms with E-state index in [4.69, 9.17) is 0 Å². The lowest BCUT2D eigenvalue weighted by atomic mass is 9.79. The molecule has 2 saturated heterocycles. The summed E-state index contributed by atoms with van der Waals surface area (Å²) in [6.07, 6.45) is 2.84. The smallest absolute Gasteiger partial charge is 0.273 e. The van der Waals surface area contributed by atoms with Gasteiger partial charge in [0.25, 0.3) is 11.8 Å². The van der Waals surface area contributed by atoms with Gasteiger partial charge in [-0.3, -0.25) is 9.59 Å². The average molecular weight is 330 g/mol. The van der Waals surface area contributed by atoms with Gasteiger partial charge in [0.05, 0.1) is 5.51 Å². The van der Waals surface area contributed by atoms with E-state index in [9.17, 15) is 9.59 Å². The fourth-order valence-corrected chi connectivity index (χ4v) is 4.12. The number of carbonyl (C=O) groups excluding carboxylic acids is 2. The van der Waals surface area contributed by atoms with Crippen LogP contribution in [0.15, 0.2) is 29.2 Å². The van der Waals surface area contributed by atoms with Crippen LogP contribution in [-0.2, 0) is 7.05 Å². The fraction of sp³-hybridized carbons (Fsp3) is 0.438. The van der Waals surface area contributed by atoms with Gasteiger partial charge in [0.15, 0.2) is 0 Å². The van der Waals surface area contributed by atoms with Crippen LogP contribution in [-0.4, -0.2) is 57.3 Å². The number of thiazole rings is 1. The lowest BCUT2D eigenvalue weighted by Crippen LogP contribution is -2.59. The van der Waals surface area contributed by atoms with Crippen molar-refractivity contribution in [2.24, 2.45) is 12.5 Å². The third kappa shape index (κ3) is 2.35. The van der Waals surface area contributed by atoms with E-state index in [1.165, 1.54) is 11.3 Å². The minimum absolute atomic E-state index is 0.00957. The number of carbonyl (C=O) groups is 2. The second kappa shape index (κ2) is 5.19. The first-order valence-corrected chi connectivity index (χ1v) is 8.60. The van der Waals surface area contributed by atoms with Gasteiger partial charge in [-0.1, -0.05) is 0 Å². The van der Waals surface area contributed by atoms with Crippen molar-refractivity contribution >= 4 is 23.2 Å². The van der Waals surface area contributed by atoms with Crippen LogP contribution in [0.25, 0.3) is 0 Å². The number of amides is 2. The Balaban J connectivity index is 1.39. The van der Waals surface area contributed by atoms with E-state index in [0.717, 1.165) is 32.6 Å². The summed E-state index contributed by atoms with van der Waals surface area (Å²) in [4.78, 5) is 32.7. The van der Waals surface area contributed by atoms with Crippen LogP contribution >= 0.6 is 11.3 Å². The minimum atomic E-state index is 0.00957. The Kier molecular flexibility index (Phi) is 3.26. The van der Waals surface area contributed by atoms with Crippen LogP contribution in [0, 0.1) is 5.41 Å². The fourth-order valence-electron chi connectivity index (χ4n) is 3.60. The summed E-state index contributed by atoms with van der Waals surface area (Å²) in [5.41, 5.74) is 3.01. The van der Waals surface area contributed by atoms with Crippen LogP contribution in [0.4, 0.5) is 0 Å². The highest BCUT2D eigenvalue weighted by atomic mass is 32.1. The van der Waals surface area contributed by atoms with Crippen LogP contribution in [0.1, 0.15) is 27.4 Å². The lowest BCUT2D eigenvalue weighted by molar-refractivity contribution is 0.0102. The van der Waals surface area contributed by atoms with Gasteiger partial charge < -0.3 is 14.4 Å². The van der Waals surface area contributed by atoms with E-state index in [0.29, 0.717) is 11.4 Å². The number of nitrogens with zero attached hydrogens (tertiary/aromatic N) is 4. The van der Waals surface area contributed by atoms with Crippen molar-refractivity contribution in [2.45, 2.75) is 6.42 Å². The summed E-state index contributed by atoms with van der Waals surface area (Å²) in [5, 5.41) is 1.79. The molecule has 0 unspecified atom stereocenters. The number of aromatic nitrogens is 2. The van der Waals surface area contributed by atoms with Gasteiger partial charge in [-0.15, -0.1) is 11.3 Å². The van der Waals surface area contributed by atoms with Gasteiger partial charge >= 0.3 is 0 Å². The molecule has 0 aromatic carbocycles. The average Bonchev–Trinajstić information content (AvgIpc) is 3.24. The Labute approximate surface area is 138 Å². The lowest BCUT2D eigenvalue weighted by Gasteiger charge is -2.47. The molecule has 2 aromatic rings. The summed E-state index contributed by atoms with van der Waals surface area (Å²) < 4.78 is 1.85. The second-order valence-electron chi connectivity index (χ2n) is 6.52. The van der Waals surface area contributed by atoms with Crippen LogP contribution in [0.3, 0.4) is 0 Å². The first kappa shape index (κ1) is 14.4. The zero-order valence-corrected chi connectivity index (χ0v) is 13.8. The topological polar surface area (TPSA) is 58.4 Å². The molecule has 7 heteroatoms. The third-order valence-electron chi connectivity index (χ3n) is 4.88. The summed E-state index contributed by atoms with van der Waals surface area (Å²) in [6.45, 7) is 2.94. The summed E-state index contributed by atoms with van der Waals surface area (Å²) >= 11 is 1.44. The minimum Gasteiger partial charge on any atom is -0.347 e. The van der Waals surface area contributed by atoms with E-state index in [-0.39, 0.29) is 17.2 Å². The number of rotatable bonds is 2. The Morgan fingerprint density at radius 3 is 2.65 bits per heavy atom. The largest absolute Gasteiger partial charge is 0.347 e. The zero-order valence-electron chi connectivity index (χ0n) is 12.9. The van der Waals surface area contributed by atoms with E-state index in [1.807, 2.05) is 39.7 Å². The second-order valence-corrected chi connectivity index (χ2v) is 7.23. The van der Waals surface area contributed by atoms with Crippen molar-refractivity contribution in [3.05, 3.63) is 40.6 Å².